The number of carbonyl (C=O) groups is 1. The summed E-state index contributed by atoms with van der Waals surface area (Å²) in [6.07, 6.45) is 0.139. The van der Waals surface area contributed by atoms with Gasteiger partial charge in [-0.15, -0.1) is 0 Å². The fraction of sp³-hybridized carbons (Fsp3) is 0.833. The molecule has 13 heavy (non-hydrogen) atoms. The fourth-order valence-corrected chi connectivity index (χ4v) is 1.54. The summed E-state index contributed by atoms with van der Waals surface area (Å²) >= 11 is 0. The fourth-order valence-electron chi connectivity index (χ4n) is 0.672. The lowest BCUT2D eigenvalue weighted by Crippen LogP contribution is -2.32. The predicted molar refractivity (Wildman–Crippen MR) is 49.5 cm³/mol. The lowest BCUT2D eigenvalue weighted by atomic mass is 10.4. The molecule has 7 heteroatoms. The average molecular weight is 209 g/mol. The molecule has 1 amide bonds. The monoisotopic (exact) mass is 209 g/mol. The average Bonchev–Trinajstić information content (AvgIpc) is 2.03. The van der Waals surface area contributed by atoms with Crippen LogP contribution in [0.3, 0.4) is 0 Å². The summed E-state index contributed by atoms with van der Waals surface area (Å²) in [6, 6.07) is 0. The third kappa shape index (κ3) is 6.50. The molecule has 0 aromatic heterocycles. The van der Waals surface area contributed by atoms with Gasteiger partial charge in [-0.2, -0.15) is 0 Å². The largest absolute Gasteiger partial charge is 0.359 e. The van der Waals surface area contributed by atoms with E-state index in [0.29, 0.717) is 0 Å². The molecular formula is C6H15N3O3S. The van der Waals surface area contributed by atoms with Crippen molar-refractivity contribution in [3.63, 3.8) is 0 Å². The first-order chi connectivity index (χ1) is 6.02. The second kappa shape index (κ2) is 5.90. The summed E-state index contributed by atoms with van der Waals surface area (Å²) < 4.78 is 24.2. The molecule has 0 unspecified atom stereocenters. The van der Waals surface area contributed by atoms with Crippen molar-refractivity contribution in [2.24, 2.45) is 5.73 Å². The van der Waals surface area contributed by atoms with E-state index in [4.69, 9.17) is 5.73 Å². The van der Waals surface area contributed by atoms with Gasteiger partial charge >= 0.3 is 0 Å². The first-order valence-corrected chi connectivity index (χ1v) is 5.55. The van der Waals surface area contributed by atoms with Gasteiger partial charge in [0, 0.05) is 26.6 Å². The van der Waals surface area contributed by atoms with Crippen molar-refractivity contribution in [2.45, 2.75) is 6.42 Å². The number of sulfonamides is 1. The van der Waals surface area contributed by atoms with Crippen LogP contribution >= 0.6 is 0 Å². The highest BCUT2D eigenvalue weighted by molar-refractivity contribution is 7.89. The maximum Gasteiger partial charge on any atom is 0.221 e. The summed E-state index contributed by atoms with van der Waals surface area (Å²) in [4.78, 5) is 10.7. The molecule has 6 nitrogen and oxygen atoms in total. The van der Waals surface area contributed by atoms with E-state index in [1.54, 1.807) is 0 Å². The maximum absolute atomic E-state index is 11.0. The molecule has 0 heterocycles. The zero-order valence-corrected chi connectivity index (χ0v) is 8.36. The van der Waals surface area contributed by atoms with E-state index in [-0.39, 0.29) is 31.2 Å². The topological polar surface area (TPSA) is 101 Å². The van der Waals surface area contributed by atoms with Crippen LogP contribution < -0.4 is 15.8 Å². The molecule has 0 rings (SSSR count). The molecule has 0 aliphatic carbocycles. The molecule has 0 atom stereocenters. The van der Waals surface area contributed by atoms with Crippen LogP contribution in [0.1, 0.15) is 6.42 Å². The Labute approximate surface area is 77.9 Å². The number of nitrogens with two attached hydrogens (primary N) is 1. The quantitative estimate of drug-likeness (QED) is 0.471. The number of hydrogen-bond donors (Lipinski definition) is 3. The number of carbonyl (C=O) groups excluding carboxylic acids is 1. The summed E-state index contributed by atoms with van der Waals surface area (Å²) in [7, 11) is -1.79. The molecule has 0 aliphatic rings. The van der Waals surface area contributed by atoms with Gasteiger partial charge in [0.15, 0.2) is 0 Å². The molecule has 0 bridgehead atoms. The van der Waals surface area contributed by atoms with Crippen molar-refractivity contribution in [1.29, 1.82) is 0 Å². The normalized spacial score (nSPS) is 11.2. The lowest BCUT2D eigenvalue weighted by molar-refractivity contribution is -0.120. The van der Waals surface area contributed by atoms with Gasteiger partial charge in [0.25, 0.3) is 0 Å². The molecule has 78 valence electrons. The molecule has 0 spiro atoms. The summed E-state index contributed by atoms with van der Waals surface area (Å²) in [5.41, 5.74) is 5.07. The zero-order chi connectivity index (χ0) is 10.3. The molecular weight excluding hydrogens is 194 g/mol. The smallest absolute Gasteiger partial charge is 0.221 e. The molecule has 0 fully saturated rings. The Morgan fingerprint density at radius 3 is 2.54 bits per heavy atom. The first-order valence-electron chi connectivity index (χ1n) is 3.90. The SMILES string of the molecule is CNC(=O)CCNS(=O)(=O)CCN. The van der Waals surface area contributed by atoms with Crippen LogP contribution in [0.2, 0.25) is 0 Å². The van der Waals surface area contributed by atoms with Crippen LogP contribution in [0.15, 0.2) is 0 Å². The Balaban J connectivity index is 3.70. The van der Waals surface area contributed by atoms with E-state index >= 15 is 0 Å². The minimum atomic E-state index is -3.29. The van der Waals surface area contributed by atoms with Gasteiger partial charge in [0.1, 0.15) is 0 Å². The molecule has 0 saturated carbocycles. The van der Waals surface area contributed by atoms with E-state index in [1.807, 2.05) is 0 Å². The third-order valence-electron chi connectivity index (χ3n) is 1.34. The number of rotatable bonds is 6. The second-order valence-electron chi connectivity index (χ2n) is 2.43. The summed E-state index contributed by atoms with van der Waals surface area (Å²) in [5.74, 6) is -0.309. The van der Waals surface area contributed by atoms with Gasteiger partial charge in [-0.05, 0) is 0 Å². The van der Waals surface area contributed by atoms with Crippen molar-refractivity contribution in [2.75, 3.05) is 25.9 Å². The molecule has 0 aromatic rings. The van der Waals surface area contributed by atoms with E-state index < -0.39 is 10.0 Å². The van der Waals surface area contributed by atoms with Gasteiger partial charge < -0.3 is 11.1 Å². The predicted octanol–water partition coefficient (Wildman–Crippen LogP) is -2.00. The number of nitrogens with one attached hydrogen (secondary N) is 2. The van der Waals surface area contributed by atoms with Crippen LogP contribution in [-0.2, 0) is 14.8 Å². The highest BCUT2D eigenvalue weighted by atomic mass is 32.2. The van der Waals surface area contributed by atoms with Crippen LogP contribution in [-0.4, -0.2) is 40.2 Å². The van der Waals surface area contributed by atoms with Crippen molar-refractivity contribution in [1.82, 2.24) is 10.0 Å². The summed E-state index contributed by atoms with van der Waals surface area (Å²) in [5, 5.41) is 2.38. The number of hydrogen-bond acceptors (Lipinski definition) is 4. The highest BCUT2D eigenvalue weighted by Crippen LogP contribution is 1.83. The Morgan fingerprint density at radius 2 is 2.08 bits per heavy atom. The Kier molecular flexibility index (Phi) is 5.60. The van der Waals surface area contributed by atoms with Crippen molar-refractivity contribution in [3.05, 3.63) is 0 Å². The van der Waals surface area contributed by atoms with E-state index in [0.717, 1.165) is 0 Å². The molecule has 0 aromatic carbocycles. The first kappa shape index (κ1) is 12.3. The van der Waals surface area contributed by atoms with Crippen molar-refractivity contribution < 1.29 is 13.2 Å². The Bertz CT molecular complexity index is 250. The van der Waals surface area contributed by atoms with Crippen molar-refractivity contribution in [3.8, 4) is 0 Å². The van der Waals surface area contributed by atoms with E-state index in [2.05, 4.69) is 10.0 Å². The maximum atomic E-state index is 11.0. The van der Waals surface area contributed by atoms with Gasteiger partial charge in [-0.3, -0.25) is 4.79 Å². The van der Waals surface area contributed by atoms with Gasteiger partial charge in [0.2, 0.25) is 15.9 Å². The number of amides is 1. The minimum Gasteiger partial charge on any atom is -0.359 e. The summed E-state index contributed by atoms with van der Waals surface area (Å²) in [6.45, 7) is 0.192. The Morgan fingerprint density at radius 1 is 1.46 bits per heavy atom. The van der Waals surface area contributed by atoms with Gasteiger partial charge in [-0.1, -0.05) is 0 Å². The zero-order valence-electron chi connectivity index (χ0n) is 7.54. The molecule has 4 N–H and O–H groups in total. The highest BCUT2D eigenvalue weighted by Gasteiger charge is 2.08. The Hall–Kier alpha value is -0.660. The van der Waals surface area contributed by atoms with E-state index in [1.165, 1.54) is 7.05 Å². The van der Waals surface area contributed by atoms with Gasteiger partial charge in [0.05, 0.1) is 5.75 Å². The standard InChI is InChI=1S/C6H15N3O3S/c1-8-6(10)2-4-9-13(11,12)5-3-7/h9H,2-5,7H2,1H3,(H,8,10). The van der Waals surface area contributed by atoms with E-state index in [9.17, 15) is 13.2 Å². The van der Waals surface area contributed by atoms with Crippen LogP contribution in [0, 0.1) is 0 Å². The molecule has 0 saturated heterocycles. The molecule has 0 aliphatic heterocycles. The second-order valence-corrected chi connectivity index (χ2v) is 4.35. The van der Waals surface area contributed by atoms with Crippen LogP contribution in [0.25, 0.3) is 0 Å². The third-order valence-corrected chi connectivity index (χ3v) is 2.76. The van der Waals surface area contributed by atoms with Crippen LogP contribution in [0.4, 0.5) is 0 Å². The van der Waals surface area contributed by atoms with Crippen molar-refractivity contribution >= 4 is 15.9 Å². The lowest BCUT2D eigenvalue weighted by Gasteiger charge is -2.04. The minimum absolute atomic E-state index is 0.0787. The van der Waals surface area contributed by atoms with Gasteiger partial charge in [-0.25, -0.2) is 13.1 Å². The molecule has 0 radical (unpaired) electrons. The van der Waals surface area contributed by atoms with Crippen LogP contribution in [0.5, 0.6) is 0 Å².